The zero-order valence-electron chi connectivity index (χ0n) is 14.3. The number of anilines is 1. The number of ether oxygens (including phenoxy) is 1. The number of nitrogens with one attached hydrogen (secondary N) is 2. The molecule has 0 spiro atoms. The highest BCUT2D eigenvalue weighted by molar-refractivity contribution is 7.11. The minimum absolute atomic E-state index is 0.226. The Morgan fingerprint density at radius 1 is 1.35 bits per heavy atom. The lowest BCUT2D eigenvalue weighted by molar-refractivity contribution is -0.127. The number of piperazine rings is 1. The van der Waals surface area contributed by atoms with E-state index in [1.54, 1.807) is 19.1 Å². The normalized spacial score (nSPS) is 16.8. The van der Waals surface area contributed by atoms with Crippen LogP contribution in [0.25, 0.3) is 0 Å². The van der Waals surface area contributed by atoms with E-state index in [1.165, 1.54) is 12.0 Å². The second-order valence-corrected chi connectivity index (χ2v) is 6.46. The second kappa shape index (κ2) is 7.52. The molecule has 1 unspecified atom stereocenters. The number of hydrogen-bond acceptors (Lipinski definition) is 6. The average molecular weight is 374 g/mol. The highest BCUT2D eigenvalue weighted by Gasteiger charge is 2.35. The molecule has 1 aromatic carbocycles. The molecule has 2 N–H and O–H groups in total. The topological polar surface area (TPSA) is 101 Å². The van der Waals surface area contributed by atoms with Crippen molar-refractivity contribution in [3.8, 4) is 0 Å². The molecular weight excluding hydrogens is 356 g/mol. The van der Waals surface area contributed by atoms with Crippen LogP contribution in [0.2, 0.25) is 0 Å². The van der Waals surface area contributed by atoms with Crippen LogP contribution >= 0.6 is 11.5 Å². The number of aryl methyl sites for hydroxylation is 1. The fourth-order valence-corrected chi connectivity index (χ4v) is 3.59. The van der Waals surface area contributed by atoms with Gasteiger partial charge in [-0.3, -0.25) is 10.1 Å². The largest absolute Gasteiger partial charge is 0.465 e. The van der Waals surface area contributed by atoms with E-state index in [0.717, 1.165) is 11.5 Å². The van der Waals surface area contributed by atoms with E-state index in [-0.39, 0.29) is 11.5 Å². The van der Waals surface area contributed by atoms with Gasteiger partial charge in [0.15, 0.2) is 0 Å². The van der Waals surface area contributed by atoms with E-state index in [2.05, 4.69) is 15.0 Å². The van der Waals surface area contributed by atoms with Crippen LogP contribution in [0.3, 0.4) is 0 Å². The molecule has 0 saturated carbocycles. The third-order valence-electron chi connectivity index (χ3n) is 4.06. The Kier molecular flexibility index (Phi) is 5.17. The van der Waals surface area contributed by atoms with Gasteiger partial charge in [0, 0.05) is 13.1 Å². The van der Waals surface area contributed by atoms with E-state index >= 15 is 0 Å². The third kappa shape index (κ3) is 3.38. The molecule has 1 fully saturated rings. The number of hydrogen-bond donors (Lipinski definition) is 2. The smallest absolute Gasteiger partial charge is 0.342 e. The summed E-state index contributed by atoms with van der Waals surface area (Å²) in [5.41, 5.74) is 1.42. The van der Waals surface area contributed by atoms with Gasteiger partial charge in [0.1, 0.15) is 16.6 Å². The number of amides is 3. The SMILES string of the molecule is COC(=O)c1c(C)nsc1NC(=O)N1CCNC(=O)C1c1ccccc1. The monoisotopic (exact) mass is 374 g/mol. The first-order chi connectivity index (χ1) is 12.5. The number of nitrogens with zero attached hydrogens (tertiary/aromatic N) is 2. The number of methoxy groups -OCH3 is 1. The van der Waals surface area contributed by atoms with Crippen molar-refractivity contribution in [2.24, 2.45) is 0 Å². The molecule has 8 nitrogen and oxygen atoms in total. The Morgan fingerprint density at radius 2 is 2.08 bits per heavy atom. The van der Waals surface area contributed by atoms with Crippen molar-refractivity contribution in [3.05, 3.63) is 47.2 Å². The molecular formula is C17H18N4O4S. The van der Waals surface area contributed by atoms with E-state index in [4.69, 9.17) is 4.74 Å². The van der Waals surface area contributed by atoms with E-state index in [0.29, 0.717) is 29.3 Å². The van der Waals surface area contributed by atoms with Crippen molar-refractivity contribution in [2.45, 2.75) is 13.0 Å². The molecule has 0 bridgehead atoms. The van der Waals surface area contributed by atoms with E-state index < -0.39 is 18.0 Å². The molecule has 1 aliphatic rings. The van der Waals surface area contributed by atoms with Crippen LogP contribution < -0.4 is 10.6 Å². The van der Waals surface area contributed by atoms with Gasteiger partial charge in [0.2, 0.25) is 5.91 Å². The summed E-state index contributed by atoms with van der Waals surface area (Å²) < 4.78 is 8.85. The molecule has 2 heterocycles. The maximum absolute atomic E-state index is 12.8. The first-order valence-corrected chi connectivity index (χ1v) is 8.75. The van der Waals surface area contributed by atoms with Gasteiger partial charge in [-0.15, -0.1) is 0 Å². The van der Waals surface area contributed by atoms with Crippen LogP contribution in [0.4, 0.5) is 9.80 Å². The number of carbonyl (C=O) groups is 3. The summed E-state index contributed by atoms with van der Waals surface area (Å²) in [5.74, 6) is -0.811. The van der Waals surface area contributed by atoms with Crippen molar-refractivity contribution in [1.82, 2.24) is 14.6 Å². The van der Waals surface area contributed by atoms with Gasteiger partial charge in [-0.25, -0.2) is 9.59 Å². The molecule has 1 atom stereocenters. The maximum Gasteiger partial charge on any atom is 0.342 e. The summed E-state index contributed by atoms with van der Waals surface area (Å²) in [6.07, 6.45) is 0. The van der Waals surface area contributed by atoms with E-state index in [1.807, 2.05) is 18.2 Å². The van der Waals surface area contributed by atoms with Crippen LogP contribution in [0.5, 0.6) is 0 Å². The molecule has 0 aliphatic carbocycles. The molecule has 9 heteroatoms. The van der Waals surface area contributed by atoms with Crippen LogP contribution in [0, 0.1) is 6.92 Å². The van der Waals surface area contributed by atoms with Gasteiger partial charge in [0.25, 0.3) is 0 Å². The van der Waals surface area contributed by atoms with Gasteiger partial charge >= 0.3 is 12.0 Å². The van der Waals surface area contributed by atoms with Gasteiger partial charge in [-0.1, -0.05) is 30.3 Å². The van der Waals surface area contributed by atoms with Crippen molar-refractivity contribution >= 4 is 34.4 Å². The minimum Gasteiger partial charge on any atom is -0.465 e. The Labute approximate surface area is 154 Å². The molecule has 2 aromatic rings. The first kappa shape index (κ1) is 17.9. The minimum atomic E-state index is -0.736. The summed E-state index contributed by atoms with van der Waals surface area (Å²) >= 11 is 1.00. The lowest BCUT2D eigenvalue weighted by atomic mass is 10.0. The summed E-state index contributed by atoms with van der Waals surface area (Å²) in [6.45, 7) is 2.38. The Balaban J connectivity index is 1.87. The van der Waals surface area contributed by atoms with Gasteiger partial charge in [-0.2, -0.15) is 4.37 Å². The number of urea groups is 1. The zero-order chi connectivity index (χ0) is 18.7. The quantitative estimate of drug-likeness (QED) is 0.800. The lowest BCUT2D eigenvalue weighted by Crippen LogP contribution is -2.53. The van der Waals surface area contributed by atoms with Gasteiger partial charge in [-0.05, 0) is 24.0 Å². The van der Waals surface area contributed by atoms with Crippen LogP contribution in [0.15, 0.2) is 30.3 Å². The van der Waals surface area contributed by atoms with Crippen molar-refractivity contribution in [2.75, 3.05) is 25.5 Å². The first-order valence-electron chi connectivity index (χ1n) is 7.97. The molecule has 3 amide bonds. The van der Waals surface area contributed by atoms with Gasteiger partial charge < -0.3 is 15.0 Å². The molecule has 1 aliphatic heterocycles. The molecule has 136 valence electrons. The predicted molar refractivity (Wildman–Crippen MR) is 96.1 cm³/mol. The molecule has 0 radical (unpaired) electrons. The fraction of sp³-hybridized carbons (Fsp3) is 0.294. The van der Waals surface area contributed by atoms with Crippen molar-refractivity contribution in [1.29, 1.82) is 0 Å². The van der Waals surface area contributed by atoms with Gasteiger partial charge in [0.05, 0.1) is 12.8 Å². The molecule has 1 saturated heterocycles. The maximum atomic E-state index is 12.8. The van der Waals surface area contributed by atoms with Crippen LogP contribution in [-0.2, 0) is 9.53 Å². The third-order valence-corrected chi connectivity index (χ3v) is 4.91. The number of esters is 1. The van der Waals surface area contributed by atoms with E-state index in [9.17, 15) is 14.4 Å². The van der Waals surface area contributed by atoms with Crippen molar-refractivity contribution < 1.29 is 19.1 Å². The number of benzene rings is 1. The fourth-order valence-electron chi connectivity index (χ4n) is 2.82. The Morgan fingerprint density at radius 3 is 2.77 bits per heavy atom. The predicted octanol–water partition coefficient (Wildman–Crippen LogP) is 1.94. The molecule has 26 heavy (non-hydrogen) atoms. The average Bonchev–Trinajstić information content (AvgIpc) is 3.01. The summed E-state index contributed by atoms with van der Waals surface area (Å²) in [6, 6.07) is 7.86. The lowest BCUT2D eigenvalue weighted by Gasteiger charge is -2.35. The standard InChI is InChI=1S/C17H18N4O4S/c1-10-12(16(23)25-2)15(26-20-10)19-17(24)21-9-8-18-14(22)13(21)11-6-4-3-5-7-11/h3-7,13H,8-9H2,1-2H3,(H,18,22)(H,19,24). The Hall–Kier alpha value is -2.94. The van der Waals surface area contributed by atoms with Crippen LogP contribution in [-0.4, -0.2) is 47.4 Å². The summed E-state index contributed by atoms with van der Waals surface area (Å²) in [4.78, 5) is 38.6. The summed E-state index contributed by atoms with van der Waals surface area (Å²) in [7, 11) is 1.27. The highest BCUT2D eigenvalue weighted by Crippen LogP contribution is 2.28. The Bertz CT molecular complexity index is 837. The number of rotatable bonds is 3. The number of carbonyl (C=O) groups excluding carboxylic acids is 3. The van der Waals surface area contributed by atoms with Crippen molar-refractivity contribution in [3.63, 3.8) is 0 Å². The number of aromatic nitrogens is 1. The zero-order valence-corrected chi connectivity index (χ0v) is 15.1. The highest BCUT2D eigenvalue weighted by atomic mass is 32.1. The molecule has 1 aromatic heterocycles. The second-order valence-electron chi connectivity index (χ2n) is 5.69. The summed E-state index contributed by atoms with van der Waals surface area (Å²) in [5, 5.41) is 5.78. The van der Waals surface area contributed by atoms with Crippen LogP contribution in [0.1, 0.15) is 27.7 Å². The molecule has 3 rings (SSSR count).